The third-order valence-electron chi connectivity index (χ3n) is 4.74. The Balaban J connectivity index is 1.71. The number of piperidine rings is 1. The number of carbonyl (C=O) groups is 2. The fraction of sp³-hybridized carbons (Fsp3) is 0.450. The highest BCUT2D eigenvalue weighted by Gasteiger charge is 2.28. The molecule has 1 aliphatic rings. The predicted molar refractivity (Wildman–Crippen MR) is 101 cm³/mol. The van der Waals surface area contributed by atoms with E-state index in [9.17, 15) is 9.59 Å². The molecule has 0 spiro atoms. The van der Waals surface area contributed by atoms with Gasteiger partial charge in [0.25, 0.3) is 5.91 Å². The van der Waals surface area contributed by atoms with Crippen LogP contribution in [0.4, 0.5) is 0 Å². The van der Waals surface area contributed by atoms with Crippen LogP contribution in [0.5, 0.6) is 0 Å². The minimum Gasteiger partial charge on any atom is -0.452 e. The van der Waals surface area contributed by atoms with Crippen LogP contribution in [0, 0.1) is 18.8 Å². The van der Waals surface area contributed by atoms with Crippen molar-refractivity contribution in [1.29, 1.82) is 0 Å². The molecule has 144 valence electrons. The van der Waals surface area contributed by atoms with Crippen LogP contribution in [0.3, 0.4) is 0 Å². The molecule has 2 heterocycles. The maximum atomic E-state index is 12.6. The lowest BCUT2D eigenvalue weighted by atomic mass is 9.92. The van der Waals surface area contributed by atoms with Crippen molar-refractivity contribution in [2.75, 3.05) is 19.7 Å². The average Bonchev–Trinajstić information content (AvgIpc) is 3.00. The molecule has 1 saturated heterocycles. The number of rotatable bonds is 4. The summed E-state index contributed by atoms with van der Waals surface area (Å²) in [5.74, 6) is 0.383. The first-order valence-corrected chi connectivity index (χ1v) is 9.40. The fourth-order valence-electron chi connectivity index (χ4n) is 3.61. The normalized spacial score (nSPS) is 19.8. The van der Waals surface area contributed by atoms with E-state index < -0.39 is 5.97 Å². The lowest BCUT2D eigenvalue weighted by molar-refractivity contribution is -0.137. The Bertz CT molecular complexity index is 838. The van der Waals surface area contributed by atoms with Crippen molar-refractivity contribution in [3.8, 4) is 11.3 Å². The molecule has 1 aromatic heterocycles. The first-order chi connectivity index (χ1) is 12.9. The Hall–Kier alpha value is -2.34. The molecule has 1 aromatic carbocycles. The minimum atomic E-state index is -0.643. The SMILES string of the molecule is Cc1onc(-c2ccccc2Cl)c1C(=O)OCC(=O)N1C[C@H](C)C[C@H](C)C1. The average molecular weight is 391 g/mol. The summed E-state index contributed by atoms with van der Waals surface area (Å²) in [5, 5.41) is 4.40. The van der Waals surface area contributed by atoms with E-state index in [1.54, 1.807) is 36.1 Å². The van der Waals surface area contributed by atoms with E-state index >= 15 is 0 Å². The van der Waals surface area contributed by atoms with Crippen molar-refractivity contribution >= 4 is 23.5 Å². The number of nitrogens with zero attached hydrogens (tertiary/aromatic N) is 2. The van der Waals surface area contributed by atoms with Gasteiger partial charge in [-0.05, 0) is 31.2 Å². The summed E-state index contributed by atoms with van der Waals surface area (Å²) in [6, 6.07) is 7.04. The zero-order valence-electron chi connectivity index (χ0n) is 15.7. The second-order valence-corrected chi connectivity index (χ2v) is 7.67. The predicted octanol–water partition coefficient (Wildman–Crippen LogP) is 3.96. The maximum Gasteiger partial charge on any atom is 0.344 e. The number of aromatic nitrogens is 1. The summed E-state index contributed by atoms with van der Waals surface area (Å²) >= 11 is 6.21. The monoisotopic (exact) mass is 390 g/mol. The summed E-state index contributed by atoms with van der Waals surface area (Å²) in [7, 11) is 0. The van der Waals surface area contributed by atoms with Crippen LogP contribution in [0.15, 0.2) is 28.8 Å². The number of carbonyl (C=O) groups excluding carboxylic acids is 2. The van der Waals surface area contributed by atoms with E-state index in [1.807, 2.05) is 0 Å². The molecule has 0 N–H and O–H groups in total. The third kappa shape index (κ3) is 4.33. The molecule has 0 saturated carbocycles. The van der Waals surface area contributed by atoms with E-state index in [2.05, 4.69) is 19.0 Å². The van der Waals surface area contributed by atoms with Gasteiger partial charge < -0.3 is 14.2 Å². The zero-order valence-corrected chi connectivity index (χ0v) is 16.5. The molecule has 1 aliphatic heterocycles. The second-order valence-electron chi connectivity index (χ2n) is 7.26. The lowest BCUT2D eigenvalue weighted by Crippen LogP contribution is -2.44. The third-order valence-corrected chi connectivity index (χ3v) is 5.07. The fourth-order valence-corrected chi connectivity index (χ4v) is 3.83. The zero-order chi connectivity index (χ0) is 19.6. The molecule has 1 amide bonds. The molecule has 2 aromatic rings. The Labute approximate surface area is 163 Å². The second kappa shape index (κ2) is 8.13. The Morgan fingerprint density at radius 1 is 1.26 bits per heavy atom. The van der Waals surface area contributed by atoms with Gasteiger partial charge in [-0.1, -0.05) is 48.8 Å². The van der Waals surface area contributed by atoms with Gasteiger partial charge in [-0.25, -0.2) is 4.79 Å². The van der Waals surface area contributed by atoms with Crippen molar-refractivity contribution in [2.45, 2.75) is 27.2 Å². The van der Waals surface area contributed by atoms with Crippen LogP contribution < -0.4 is 0 Å². The smallest absolute Gasteiger partial charge is 0.344 e. The van der Waals surface area contributed by atoms with Gasteiger partial charge >= 0.3 is 5.97 Å². The molecular formula is C20H23ClN2O4. The summed E-state index contributed by atoms with van der Waals surface area (Å²) < 4.78 is 10.5. The van der Waals surface area contributed by atoms with Crippen LogP contribution >= 0.6 is 11.6 Å². The molecular weight excluding hydrogens is 368 g/mol. The quantitative estimate of drug-likeness (QED) is 0.738. The number of likely N-dealkylation sites (tertiary alicyclic amines) is 1. The number of hydrogen-bond donors (Lipinski definition) is 0. The van der Waals surface area contributed by atoms with Gasteiger partial charge in [-0.2, -0.15) is 0 Å². The molecule has 2 atom stereocenters. The topological polar surface area (TPSA) is 72.6 Å². The van der Waals surface area contributed by atoms with Crippen LogP contribution in [0.25, 0.3) is 11.3 Å². The van der Waals surface area contributed by atoms with Crippen LogP contribution in [-0.2, 0) is 9.53 Å². The summed E-state index contributed by atoms with van der Waals surface area (Å²) in [5.41, 5.74) is 1.08. The number of hydrogen-bond acceptors (Lipinski definition) is 5. The summed E-state index contributed by atoms with van der Waals surface area (Å²) in [6.45, 7) is 6.96. The largest absolute Gasteiger partial charge is 0.452 e. The lowest BCUT2D eigenvalue weighted by Gasteiger charge is -2.34. The number of esters is 1. The number of halogens is 1. The molecule has 7 heteroatoms. The Kier molecular flexibility index (Phi) is 5.85. The van der Waals surface area contributed by atoms with Gasteiger partial charge in [0.2, 0.25) is 0 Å². The van der Waals surface area contributed by atoms with Crippen molar-refractivity contribution < 1.29 is 18.8 Å². The molecule has 6 nitrogen and oxygen atoms in total. The number of aryl methyl sites for hydroxylation is 1. The Morgan fingerprint density at radius 2 is 1.93 bits per heavy atom. The van der Waals surface area contributed by atoms with E-state index in [0.29, 0.717) is 47.0 Å². The number of amides is 1. The molecule has 3 rings (SSSR count). The van der Waals surface area contributed by atoms with E-state index in [4.69, 9.17) is 20.9 Å². The van der Waals surface area contributed by atoms with Gasteiger partial charge in [-0.3, -0.25) is 4.79 Å². The Morgan fingerprint density at radius 3 is 2.59 bits per heavy atom. The van der Waals surface area contributed by atoms with Crippen molar-refractivity contribution in [1.82, 2.24) is 10.1 Å². The van der Waals surface area contributed by atoms with Gasteiger partial charge in [0.15, 0.2) is 6.61 Å². The number of benzene rings is 1. The maximum absolute atomic E-state index is 12.6. The highest BCUT2D eigenvalue weighted by atomic mass is 35.5. The summed E-state index contributed by atoms with van der Waals surface area (Å²) in [4.78, 5) is 26.8. The van der Waals surface area contributed by atoms with Crippen LogP contribution in [0.2, 0.25) is 5.02 Å². The first-order valence-electron chi connectivity index (χ1n) is 9.02. The van der Waals surface area contributed by atoms with E-state index in [-0.39, 0.29) is 18.1 Å². The minimum absolute atomic E-state index is 0.185. The molecule has 0 unspecified atom stereocenters. The molecule has 0 bridgehead atoms. The molecule has 0 radical (unpaired) electrons. The highest BCUT2D eigenvalue weighted by molar-refractivity contribution is 6.33. The summed E-state index contributed by atoms with van der Waals surface area (Å²) in [6.07, 6.45) is 1.10. The van der Waals surface area contributed by atoms with Crippen LogP contribution in [0.1, 0.15) is 36.4 Å². The molecule has 1 fully saturated rings. The van der Waals surface area contributed by atoms with Gasteiger partial charge in [-0.15, -0.1) is 0 Å². The van der Waals surface area contributed by atoms with Crippen molar-refractivity contribution in [3.05, 3.63) is 40.6 Å². The standard InChI is InChI=1S/C20H23ClN2O4/c1-12-8-13(2)10-23(9-12)17(24)11-26-20(25)18-14(3)27-22-19(18)15-6-4-5-7-16(15)21/h4-7,12-13H,8-11H2,1-3H3/t12-,13+. The van der Waals surface area contributed by atoms with E-state index in [0.717, 1.165) is 6.42 Å². The van der Waals surface area contributed by atoms with Gasteiger partial charge in [0, 0.05) is 18.7 Å². The number of ether oxygens (including phenoxy) is 1. The van der Waals surface area contributed by atoms with Crippen molar-refractivity contribution in [2.24, 2.45) is 11.8 Å². The molecule has 27 heavy (non-hydrogen) atoms. The van der Waals surface area contributed by atoms with E-state index in [1.165, 1.54) is 0 Å². The first kappa shape index (κ1) is 19.4. The molecule has 0 aliphatic carbocycles. The highest BCUT2D eigenvalue weighted by Crippen LogP contribution is 2.31. The van der Waals surface area contributed by atoms with Crippen molar-refractivity contribution in [3.63, 3.8) is 0 Å². The van der Waals surface area contributed by atoms with Gasteiger partial charge in [0.1, 0.15) is 17.0 Å². The van der Waals surface area contributed by atoms with Crippen LogP contribution in [-0.4, -0.2) is 41.6 Å². The van der Waals surface area contributed by atoms with Gasteiger partial charge in [0.05, 0.1) is 5.02 Å².